The molecule has 2 aromatic rings. The molecular weight excluding hydrogens is 274 g/mol. The van der Waals surface area contributed by atoms with Crippen LogP contribution in [0.4, 0.5) is 5.69 Å². The van der Waals surface area contributed by atoms with Gasteiger partial charge >= 0.3 is 5.97 Å². The lowest BCUT2D eigenvalue weighted by Gasteiger charge is -2.10. The van der Waals surface area contributed by atoms with Crippen molar-refractivity contribution in [1.82, 2.24) is 9.78 Å². The van der Waals surface area contributed by atoms with E-state index in [0.29, 0.717) is 11.4 Å². The zero-order chi connectivity index (χ0) is 15.4. The van der Waals surface area contributed by atoms with Crippen molar-refractivity contribution in [2.75, 3.05) is 12.4 Å². The van der Waals surface area contributed by atoms with Crippen LogP contribution >= 0.6 is 0 Å². The molecule has 1 aromatic carbocycles. The van der Waals surface area contributed by atoms with Crippen molar-refractivity contribution in [3.63, 3.8) is 0 Å². The fourth-order valence-corrected chi connectivity index (χ4v) is 1.82. The van der Waals surface area contributed by atoms with Gasteiger partial charge in [-0.2, -0.15) is 5.10 Å². The first kappa shape index (κ1) is 14.6. The first-order valence-corrected chi connectivity index (χ1v) is 6.20. The normalized spacial score (nSPS) is 10.2. The quantitative estimate of drug-likeness (QED) is 0.870. The molecule has 0 fully saturated rings. The van der Waals surface area contributed by atoms with Gasteiger partial charge < -0.3 is 15.2 Å². The van der Waals surface area contributed by atoms with E-state index in [4.69, 9.17) is 9.84 Å². The van der Waals surface area contributed by atoms with Crippen molar-refractivity contribution >= 4 is 17.6 Å². The number of carbonyl (C=O) groups excluding carboxylic acids is 1. The Morgan fingerprint density at radius 2 is 2.19 bits per heavy atom. The standard InChI is InChI=1S/C14H15N3O4/c1-9-3-4-12(21-2)11(5-9)16-14(20)10-6-15-17(7-10)8-13(18)19/h3-7H,8H2,1-2H3,(H,16,20)(H,18,19). The zero-order valence-corrected chi connectivity index (χ0v) is 11.7. The van der Waals surface area contributed by atoms with Gasteiger partial charge in [0.1, 0.15) is 12.3 Å². The number of hydrogen-bond acceptors (Lipinski definition) is 4. The van der Waals surface area contributed by atoms with E-state index in [1.807, 2.05) is 13.0 Å². The van der Waals surface area contributed by atoms with Gasteiger partial charge in [-0.25, -0.2) is 0 Å². The van der Waals surface area contributed by atoms with Gasteiger partial charge in [-0.1, -0.05) is 6.07 Å². The van der Waals surface area contributed by atoms with E-state index in [2.05, 4.69) is 10.4 Å². The first-order chi connectivity index (χ1) is 9.99. The first-order valence-electron chi connectivity index (χ1n) is 6.20. The Kier molecular flexibility index (Phi) is 4.22. The Bertz CT molecular complexity index is 679. The number of nitrogens with zero attached hydrogens (tertiary/aromatic N) is 2. The molecule has 7 nitrogen and oxygen atoms in total. The summed E-state index contributed by atoms with van der Waals surface area (Å²) in [5, 5.41) is 15.2. The SMILES string of the molecule is COc1ccc(C)cc1NC(=O)c1cnn(CC(=O)O)c1. The molecule has 0 radical (unpaired) electrons. The Balaban J connectivity index is 2.16. The minimum absolute atomic E-state index is 0.278. The van der Waals surface area contributed by atoms with Crippen LogP contribution in [-0.4, -0.2) is 33.9 Å². The van der Waals surface area contributed by atoms with Crippen LogP contribution in [0.15, 0.2) is 30.6 Å². The molecule has 1 aromatic heterocycles. The third-order valence-corrected chi connectivity index (χ3v) is 2.80. The number of rotatable bonds is 5. The van der Waals surface area contributed by atoms with Gasteiger partial charge in [0.15, 0.2) is 0 Å². The van der Waals surface area contributed by atoms with E-state index < -0.39 is 5.97 Å². The molecule has 2 N–H and O–H groups in total. The van der Waals surface area contributed by atoms with E-state index in [9.17, 15) is 9.59 Å². The third kappa shape index (κ3) is 3.59. The van der Waals surface area contributed by atoms with Gasteiger partial charge in [0.25, 0.3) is 5.91 Å². The van der Waals surface area contributed by atoms with Crippen molar-refractivity contribution in [2.24, 2.45) is 0 Å². The molecule has 21 heavy (non-hydrogen) atoms. The van der Waals surface area contributed by atoms with E-state index >= 15 is 0 Å². The summed E-state index contributed by atoms with van der Waals surface area (Å²) in [5.74, 6) is -0.854. The Morgan fingerprint density at radius 3 is 2.86 bits per heavy atom. The largest absolute Gasteiger partial charge is 0.495 e. The predicted octanol–water partition coefficient (Wildman–Crippen LogP) is 1.54. The number of carbonyl (C=O) groups is 2. The molecule has 0 bridgehead atoms. The number of methoxy groups -OCH3 is 1. The molecule has 0 unspecified atom stereocenters. The van der Waals surface area contributed by atoms with E-state index in [1.54, 1.807) is 12.1 Å². The molecule has 2 rings (SSSR count). The molecule has 0 aliphatic heterocycles. The number of nitrogens with one attached hydrogen (secondary N) is 1. The van der Waals surface area contributed by atoms with Crippen LogP contribution in [0.1, 0.15) is 15.9 Å². The van der Waals surface area contributed by atoms with Crippen molar-refractivity contribution in [2.45, 2.75) is 13.5 Å². The number of ether oxygens (including phenoxy) is 1. The minimum atomic E-state index is -1.02. The molecule has 0 aliphatic rings. The highest BCUT2D eigenvalue weighted by Crippen LogP contribution is 2.25. The monoisotopic (exact) mass is 289 g/mol. The number of anilines is 1. The maximum absolute atomic E-state index is 12.1. The molecule has 110 valence electrons. The molecule has 0 saturated heterocycles. The number of benzene rings is 1. The fraction of sp³-hybridized carbons (Fsp3) is 0.214. The Labute approximate surface area is 121 Å². The smallest absolute Gasteiger partial charge is 0.325 e. The van der Waals surface area contributed by atoms with E-state index in [1.165, 1.54) is 24.2 Å². The number of amides is 1. The number of hydrogen-bond donors (Lipinski definition) is 2. The summed E-state index contributed by atoms with van der Waals surface area (Å²) in [4.78, 5) is 22.7. The van der Waals surface area contributed by atoms with Gasteiger partial charge in [0, 0.05) is 6.20 Å². The Hall–Kier alpha value is -2.83. The van der Waals surface area contributed by atoms with Gasteiger partial charge in [0.2, 0.25) is 0 Å². The van der Waals surface area contributed by atoms with Crippen molar-refractivity contribution < 1.29 is 19.4 Å². The highest BCUT2D eigenvalue weighted by molar-refractivity contribution is 6.04. The van der Waals surface area contributed by atoms with Crippen LogP contribution in [0.2, 0.25) is 0 Å². The van der Waals surface area contributed by atoms with Crippen LogP contribution < -0.4 is 10.1 Å². The minimum Gasteiger partial charge on any atom is -0.495 e. The second-order valence-electron chi connectivity index (χ2n) is 4.48. The van der Waals surface area contributed by atoms with Gasteiger partial charge in [0.05, 0.1) is 24.6 Å². The number of carboxylic acid groups (broad SMARTS) is 1. The summed E-state index contributed by atoms with van der Waals surface area (Å²) < 4.78 is 6.37. The van der Waals surface area contributed by atoms with Gasteiger partial charge in [-0.15, -0.1) is 0 Å². The van der Waals surface area contributed by atoms with Crippen LogP contribution in [0, 0.1) is 6.92 Å². The molecule has 7 heteroatoms. The Morgan fingerprint density at radius 1 is 1.43 bits per heavy atom. The van der Waals surface area contributed by atoms with Crippen molar-refractivity contribution in [1.29, 1.82) is 0 Å². The number of aliphatic carboxylic acids is 1. The molecule has 0 atom stereocenters. The van der Waals surface area contributed by atoms with E-state index in [0.717, 1.165) is 5.56 Å². The van der Waals surface area contributed by atoms with Crippen LogP contribution in [0.25, 0.3) is 0 Å². The molecular formula is C14H15N3O4. The lowest BCUT2D eigenvalue weighted by molar-refractivity contribution is -0.137. The molecule has 1 amide bonds. The van der Waals surface area contributed by atoms with Crippen LogP contribution in [0.5, 0.6) is 5.75 Å². The third-order valence-electron chi connectivity index (χ3n) is 2.80. The fourth-order valence-electron chi connectivity index (χ4n) is 1.82. The van der Waals surface area contributed by atoms with E-state index in [-0.39, 0.29) is 18.0 Å². The number of aromatic nitrogens is 2. The summed E-state index contributed by atoms with van der Waals surface area (Å²) in [5.41, 5.74) is 1.81. The maximum atomic E-state index is 12.1. The molecule has 0 spiro atoms. The maximum Gasteiger partial charge on any atom is 0.325 e. The van der Waals surface area contributed by atoms with Crippen molar-refractivity contribution in [3.05, 3.63) is 41.7 Å². The summed E-state index contributed by atoms with van der Waals surface area (Å²) in [6.07, 6.45) is 2.70. The average molecular weight is 289 g/mol. The zero-order valence-electron chi connectivity index (χ0n) is 11.7. The topological polar surface area (TPSA) is 93.5 Å². The lowest BCUT2D eigenvalue weighted by Crippen LogP contribution is -2.13. The summed E-state index contributed by atoms with van der Waals surface area (Å²) >= 11 is 0. The van der Waals surface area contributed by atoms with Gasteiger partial charge in [-0.3, -0.25) is 14.3 Å². The predicted molar refractivity (Wildman–Crippen MR) is 75.5 cm³/mol. The highest BCUT2D eigenvalue weighted by atomic mass is 16.5. The summed E-state index contributed by atoms with van der Waals surface area (Å²) in [7, 11) is 1.52. The summed E-state index contributed by atoms with van der Waals surface area (Å²) in [6.45, 7) is 1.61. The summed E-state index contributed by atoms with van der Waals surface area (Å²) in [6, 6.07) is 5.43. The second-order valence-corrected chi connectivity index (χ2v) is 4.48. The second kappa shape index (κ2) is 6.08. The lowest BCUT2D eigenvalue weighted by atomic mass is 10.2. The van der Waals surface area contributed by atoms with Gasteiger partial charge in [-0.05, 0) is 24.6 Å². The number of carboxylic acids is 1. The highest BCUT2D eigenvalue weighted by Gasteiger charge is 2.12. The number of aryl methyl sites for hydroxylation is 1. The van der Waals surface area contributed by atoms with Crippen LogP contribution in [0.3, 0.4) is 0 Å². The van der Waals surface area contributed by atoms with Crippen molar-refractivity contribution in [3.8, 4) is 5.75 Å². The molecule has 1 heterocycles. The van der Waals surface area contributed by atoms with Crippen LogP contribution in [-0.2, 0) is 11.3 Å². The average Bonchev–Trinajstić information content (AvgIpc) is 2.86. The molecule has 0 saturated carbocycles. The molecule has 0 aliphatic carbocycles.